The number of hydrogen-bond donors (Lipinski definition) is 0. The van der Waals surface area contributed by atoms with Crippen LogP contribution in [0.1, 0.15) is 24.8 Å². The average molecular weight is 327 g/mol. The molecule has 2 nitrogen and oxygen atoms in total. The lowest BCUT2D eigenvalue weighted by atomic mass is 10.1. The van der Waals surface area contributed by atoms with Crippen molar-refractivity contribution in [2.24, 2.45) is 0 Å². The highest BCUT2D eigenvalue weighted by Gasteiger charge is 2.29. The fraction of sp³-hybridized carbons (Fsp3) is 0.600. The summed E-state index contributed by atoms with van der Waals surface area (Å²) in [4.78, 5) is 4.98. The summed E-state index contributed by atoms with van der Waals surface area (Å²) in [5.74, 6) is -0.159. The second-order valence-electron chi connectivity index (χ2n) is 5.68. The summed E-state index contributed by atoms with van der Waals surface area (Å²) < 4.78 is 14.4. The Bertz CT molecular complexity index is 477. The third kappa shape index (κ3) is 2.65. The third-order valence-corrected chi connectivity index (χ3v) is 4.99. The van der Waals surface area contributed by atoms with Crippen LogP contribution < -0.4 is 4.90 Å². The molecule has 0 saturated carbocycles. The van der Waals surface area contributed by atoms with Gasteiger partial charge in [-0.25, -0.2) is 4.39 Å². The minimum atomic E-state index is -0.159. The molecule has 0 bridgehead atoms. The molecule has 1 aromatic rings. The fourth-order valence-corrected chi connectivity index (χ4v) is 3.86. The lowest BCUT2D eigenvalue weighted by Gasteiger charge is -2.28. The van der Waals surface area contributed by atoms with Crippen molar-refractivity contribution in [1.82, 2.24) is 4.90 Å². The Morgan fingerprint density at radius 1 is 1.21 bits per heavy atom. The highest BCUT2D eigenvalue weighted by molar-refractivity contribution is 9.10. The minimum Gasteiger partial charge on any atom is -0.370 e. The molecular weight excluding hydrogens is 307 g/mol. The van der Waals surface area contributed by atoms with Crippen LogP contribution >= 0.6 is 15.9 Å². The van der Waals surface area contributed by atoms with E-state index < -0.39 is 0 Å². The van der Waals surface area contributed by atoms with Crippen molar-refractivity contribution in [3.63, 3.8) is 0 Å². The van der Waals surface area contributed by atoms with Crippen molar-refractivity contribution >= 4 is 21.6 Å². The molecule has 0 spiro atoms. The minimum absolute atomic E-state index is 0.159. The van der Waals surface area contributed by atoms with Crippen molar-refractivity contribution in [2.75, 3.05) is 31.1 Å². The van der Waals surface area contributed by atoms with Gasteiger partial charge in [0.1, 0.15) is 5.82 Å². The van der Waals surface area contributed by atoms with E-state index in [4.69, 9.17) is 0 Å². The van der Waals surface area contributed by atoms with Crippen LogP contribution in [0, 0.1) is 12.7 Å². The molecule has 0 aromatic heterocycles. The number of anilines is 1. The Labute approximate surface area is 122 Å². The van der Waals surface area contributed by atoms with Crippen molar-refractivity contribution in [3.8, 4) is 0 Å². The van der Waals surface area contributed by atoms with Gasteiger partial charge in [-0.15, -0.1) is 0 Å². The molecule has 0 N–H and O–H groups in total. The van der Waals surface area contributed by atoms with Crippen molar-refractivity contribution in [3.05, 3.63) is 28.0 Å². The van der Waals surface area contributed by atoms with Gasteiger partial charge >= 0.3 is 0 Å². The van der Waals surface area contributed by atoms with Gasteiger partial charge in [-0.3, -0.25) is 4.90 Å². The molecule has 1 unspecified atom stereocenters. The van der Waals surface area contributed by atoms with Gasteiger partial charge in [0.15, 0.2) is 0 Å². The Morgan fingerprint density at radius 2 is 2.00 bits per heavy atom. The summed E-state index contributed by atoms with van der Waals surface area (Å²) in [7, 11) is 0. The van der Waals surface area contributed by atoms with Crippen LogP contribution in [0.5, 0.6) is 0 Å². The zero-order chi connectivity index (χ0) is 13.4. The van der Waals surface area contributed by atoms with E-state index in [0.29, 0.717) is 10.5 Å². The number of halogens is 2. The first-order chi connectivity index (χ1) is 9.15. The van der Waals surface area contributed by atoms with E-state index in [2.05, 4.69) is 32.7 Å². The lowest BCUT2D eigenvalue weighted by molar-refractivity contribution is 0.273. The molecule has 19 heavy (non-hydrogen) atoms. The molecule has 2 aliphatic heterocycles. The van der Waals surface area contributed by atoms with Gasteiger partial charge in [0, 0.05) is 31.4 Å². The summed E-state index contributed by atoms with van der Waals surface area (Å²) in [5.41, 5.74) is 2.22. The largest absolute Gasteiger partial charge is 0.370 e. The zero-order valence-corrected chi connectivity index (χ0v) is 12.9. The topological polar surface area (TPSA) is 6.48 Å². The van der Waals surface area contributed by atoms with E-state index in [1.165, 1.54) is 32.4 Å². The molecular formula is C15H20BrFN2. The van der Waals surface area contributed by atoms with Crippen molar-refractivity contribution in [2.45, 2.75) is 32.2 Å². The van der Waals surface area contributed by atoms with E-state index in [0.717, 1.165) is 24.3 Å². The zero-order valence-electron chi connectivity index (χ0n) is 11.3. The maximum absolute atomic E-state index is 13.8. The smallest absolute Gasteiger partial charge is 0.139 e. The van der Waals surface area contributed by atoms with Gasteiger partial charge in [-0.1, -0.05) is 0 Å². The van der Waals surface area contributed by atoms with E-state index in [1.807, 2.05) is 6.07 Å². The molecule has 2 saturated heterocycles. The number of fused-ring (bicyclic) bond motifs is 1. The van der Waals surface area contributed by atoms with E-state index >= 15 is 0 Å². The standard InChI is InChI=1S/C15H20BrFN2/c1-11-8-13(16)14(17)9-15(11)19-7-3-6-18-5-2-4-12(18)10-19/h8-9,12H,2-7,10H2,1H3. The summed E-state index contributed by atoms with van der Waals surface area (Å²) in [6.07, 6.45) is 3.77. The number of nitrogens with zero attached hydrogens (tertiary/aromatic N) is 2. The number of hydrogen-bond acceptors (Lipinski definition) is 2. The van der Waals surface area contributed by atoms with Crippen LogP contribution in [0.2, 0.25) is 0 Å². The summed E-state index contributed by atoms with van der Waals surface area (Å²) in [6, 6.07) is 4.24. The molecule has 2 heterocycles. The molecule has 104 valence electrons. The molecule has 3 rings (SSSR count). The predicted molar refractivity (Wildman–Crippen MR) is 80.3 cm³/mol. The van der Waals surface area contributed by atoms with Gasteiger partial charge < -0.3 is 4.90 Å². The number of benzene rings is 1. The first kappa shape index (κ1) is 13.4. The number of aryl methyl sites for hydroxylation is 1. The van der Waals surface area contributed by atoms with Gasteiger partial charge in [0.05, 0.1) is 4.47 Å². The predicted octanol–water partition coefficient (Wildman–Crippen LogP) is 3.57. The summed E-state index contributed by atoms with van der Waals surface area (Å²) in [6.45, 7) is 6.58. The van der Waals surface area contributed by atoms with Gasteiger partial charge in [0.25, 0.3) is 0 Å². The third-order valence-electron chi connectivity index (χ3n) is 4.38. The molecule has 2 fully saturated rings. The summed E-state index contributed by atoms with van der Waals surface area (Å²) >= 11 is 3.26. The Hall–Kier alpha value is -0.610. The first-order valence-corrected chi connectivity index (χ1v) is 7.89. The second-order valence-corrected chi connectivity index (χ2v) is 6.54. The Kier molecular flexibility index (Phi) is 3.81. The van der Waals surface area contributed by atoms with Crippen LogP contribution in [0.25, 0.3) is 0 Å². The Balaban J connectivity index is 1.86. The average Bonchev–Trinajstić information content (AvgIpc) is 2.71. The maximum atomic E-state index is 13.8. The van der Waals surface area contributed by atoms with Gasteiger partial charge in [0.2, 0.25) is 0 Å². The number of rotatable bonds is 1. The lowest BCUT2D eigenvalue weighted by Crippen LogP contribution is -2.36. The van der Waals surface area contributed by atoms with Crippen LogP contribution in [0.4, 0.5) is 10.1 Å². The van der Waals surface area contributed by atoms with Crippen molar-refractivity contribution in [1.29, 1.82) is 0 Å². The van der Waals surface area contributed by atoms with Crippen LogP contribution in [-0.4, -0.2) is 37.1 Å². The SMILES string of the molecule is Cc1cc(Br)c(F)cc1N1CCCN2CCCC2C1. The second kappa shape index (κ2) is 5.41. The fourth-order valence-electron chi connectivity index (χ4n) is 3.40. The molecule has 1 atom stereocenters. The normalized spacial score (nSPS) is 24.4. The molecule has 0 amide bonds. The molecule has 1 aromatic carbocycles. The maximum Gasteiger partial charge on any atom is 0.139 e. The molecule has 0 aliphatic carbocycles. The van der Waals surface area contributed by atoms with E-state index in [9.17, 15) is 4.39 Å². The summed E-state index contributed by atoms with van der Waals surface area (Å²) in [5, 5.41) is 0. The monoisotopic (exact) mass is 326 g/mol. The highest BCUT2D eigenvalue weighted by Crippen LogP contribution is 2.30. The van der Waals surface area contributed by atoms with Crippen LogP contribution in [0.15, 0.2) is 16.6 Å². The van der Waals surface area contributed by atoms with Crippen molar-refractivity contribution < 1.29 is 4.39 Å². The molecule has 4 heteroatoms. The van der Waals surface area contributed by atoms with Crippen LogP contribution in [-0.2, 0) is 0 Å². The van der Waals surface area contributed by atoms with Gasteiger partial charge in [-0.05, 0) is 66.4 Å². The first-order valence-electron chi connectivity index (χ1n) is 7.10. The highest BCUT2D eigenvalue weighted by atomic mass is 79.9. The van der Waals surface area contributed by atoms with Crippen LogP contribution in [0.3, 0.4) is 0 Å². The molecule has 0 radical (unpaired) electrons. The molecule has 2 aliphatic rings. The Morgan fingerprint density at radius 3 is 2.84 bits per heavy atom. The van der Waals surface area contributed by atoms with Gasteiger partial charge in [-0.2, -0.15) is 0 Å². The quantitative estimate of drug-likeness (QED) is 0.778. The van der Waals surface area contributed by atoms with E-state index in [1.54, 1.807) is 6.07 Å². The van der Waals surface area contributed by atoms with E-state index in [-0.39, 0.29) is 5.82 Å².